The van der Waals surface area contributed by atoms with Gasteiger partial charge in [-0.25, -0.2) is 13.6 Å². The van der Waals surface area contributed by atoms with Gasteiger partial charge in [0, 0.05) is 0 Å². The van der Waals surface area contributed by atoms with Crippen LogP contribution in [0.3, 0.4) is 0 Å². The SMILES string of the molecule is NC(=O)COc1ccccc1C(=O)OCC(F)F. The lowest BCUT2D eigenvalue weighted by Gasteiger charge is -2.09. The maximum atomic E-state index is 11.9. The summed E-state index contributed by atoms with van der Waals surface area (Å²) >= 11 is 0. The molecule has 0 atom stereocenters. The Morgan fingerprint density at radius 1 is 1.28 bits per heavy atom. The van der Waals surface area contributed by atoms with Crippen LogP contribution in [0.4, 0.5) is 8.78 Å². The molecule has 0 bridgehead atoms. The Bertz CT molecular complexity index is 437. The van der Waals surface area contributed by atoms with E-state index in [0.717, 1.165) is 0 Å². The van der Waals surface area contributed by atoms with E-state index in [0.29, 0.717) is 0 Å². The van der Waals surface area contributed by atoms with Crippen LogP contribution in [0.2, 0.25) is 0 Å². The van der Waals surface area contributed by atoms with E-state index in [1.807, 2.05) is 0 Å². The minimum Gasteiger partial charge on any atom is -0.483 e. The molecule has 98 valence electrons. The van der Waals surface area contributed by atoms with Gasteiger partial charge in [-0.15, -0.1) is 0 Å². The molecule has 0 aliphatic rings. The molecule has 0 aromatic heterocycles. The third-order valence-corrected chi connectivity index (χ3v) is 1.82. The lowest BCUT2D eigenvalue weighted by atomic mass is 10.2. The smallest absolute Gasteiger partial charge is 0.342 e. The summed E-state index contributed by atoms with van der Waals surface area (Å²) in [6.07, 6.45) is -2.74. The van der Waals surface area contributed by atoms with Crippen LogP contribution in [-0.4, -0.2) is 31.5 Å². The molecule has 0 heterocycles. The average Bonchev–Trinajstić information content (AvgIpc) is 2.33. The van der Waals surface area contributed by atoms with Crippen LogP contribution in [0.5, 0.6) is 5.75 Å². The largest absolute Gasteiger partial charge is 0.483 e. The number of carbonyl (C=O) groups excluding carboxylic acids is 2. The molecule has 1 rings (SSSR count). The summed E-state index contributed by atoms with van der Waals surface area (Å²) in [5.41, 5.74) is 4.84. The molecular weight excluding hydrogens is 248 g/mol. The van der Waals surface area contributed by atoms with Crippen LogP contribution < -0.4 is 10.5 Å². The monoisotopic (exact) mass is 259 g/mol. The van der Waals surface area contributed by atoms with Crippen molar-refractivity contribution in [2.24, 2.45) is 5.73 Å². The summed E-state index contributed by atoms with van der Waals surface area (Å²) in [7, 11) is 0. The molecular formula is C11H11F2NO4. The fraction of sp³-hybridized carbons (Fsp3) is 0.273. The Morgan fingerprint density at radius 2 is 1.94 bits per heavy atom. The standard InChI is InChI=1S/C11H11F2NO4/c12-9(13)5-18-11(16)7-3-1-2-4-8(7)17-6-10(14)15/h1-4,9H,5-6H2,(H2,14,15). The number of rotatable bonds is 6. The number of hydrogen-bond acceptors (Lipinski definition) is 4. The van der Waals surface area contributed by atoms with Crippen molar-refractivity contribution in [1.82, 2.24) is 0 Å². The summed E-state index contributed by atoms with van der Waals surface area (Å²) < 4.78 is 33.1. The molecule has 0 spiro atoms. The molecule has 1 aromatic carbocycles. The van der Waals surface area contributed by atoms with Gasteiger partial charge in [0.1, 0.15) is 11.3 Å². The van der Waals surface area contributed by atoms with Crippen LogP contribution >= 0.6 is 0 Å². The molecule has 0 fully saturated rings. The summed E-state index contributed by atoms with van der Waals surface area (Å²) in [4.78, 5) is 22.0. The predicted octanol–water partition coefficient (Wildman–Crippen LogP) is 0.973. The van der Waals surface area contributed by atoms with Crippen molar-refractivity contribution in [1.29, 1.82) is 0 Å². The summed E-state index contributed by atoms with van der Waals surface area (Å²) in [5.74, 6) is -1.61. The normalized spacial score (nSPS) is 10.2. The van der Waals surface area contributed by atoms with Gasteiger partial charge >= 0.3 is 5.97 Å². The van der Waals surface area contributed by atoms with E-state index >= 15 is 0 Å². The molecule has 2 N–H and O–H groups in total. The molecule has 0 saturated heterocycles. The number of carbonyl (C=O) groups is 2. The highest BCUT2D eigenvalue weighted by atomic mass is 19.3. The Hall–Kier alpha value is -2.18. The van der Waals surface area contributed by atoms with Crippen LogP contribution in [-0.2, 0) is 9.53 Å². The van der Waals surface area contributed by atoms with E-state index in [4.69, 9.17) is 10.5 Å². The third-order valence-electron chi connectivity index (χ3n) is 1.82. The van der Waals surface area contributed by atoms with Crippen molar-refractivity contribution in [3.8, 4) is 5.75 Å². The second kappa shape index (κ2) is 6.53. The van der Waals surface area contributed by atoms with Gasteiger partial charge in [0.2, 0.25) is 0 Å². The molecule has 0 unspecified atom stereocenters. The number of ether oxygens (including phenoxy) is 2. The van der Waals surface area contributed by atoms with Gasteiger partial charge in [-0.3, -0.25) is 4.79 Å². The van der Waals surface area contributed by atoms with Crippen molar-refractivity contribution >= 4 is 11.9 Å². The van der Waals surface area contributed by atoms with E-state index < -0.39 is 31.5 Å². The Kier molecular flexibility index (Phi) is 5.04. The Labute approximate surface area is 101 Å². The maximum Gasteiger partial charge on any atom is 0.342 e. The number of para-hydroxylation sites is 1. The van der Waals surface area contributed by atoms with Crippen molar-refractivity contribution < 1.29 is 27.8 Å². The van der Waals surface area contributed by atoms with Gasteiger partial charge < -0.3 is 15.2 Å². The number of primary amides is 1. The first-order chi connectivity index (χ1) is 8.50. The number of nitrogens with two attached hydrogens (primary N) is 1. The zero-order chi connectivity index (χ0) is 13.5. The first-order valence-corrected chi connectivity index (χ1v) is 4.96. The third kappa shape index (κ3) is 4.36. The van der Waals surface area contributed by atoms with Crippen LogP contribution in [0, 0.1) is 0 Å². The summed E-state index contributed by atoms with van der Waals surface area (Å²) in [6, 6.07) is 5.81. The van der Waals surface area contributed by atoms with Gasteiger partial charge in [0.05, 0.1) is 0 Å². The zero-order valence-corrected chi connectivity index (χ0v) is 9.27. The number of benzene rings is 1. The average molecular weight is 259 g/mol. The van der Waals surface area contributed by atoms with Crippen LogP contribution in [0.25, 0.3) is 0 Å². The lowest BCUT2D eigenvalue weighted by Crippen LogP contribution is -2.21. The minimum absolute atomic E-state index is 0.0422. The van der Waals surface area contributed by atoms with Crippen LogP contribution in [0.1, 0.15) is 10.4 Å². The predicted molar refractivity (Wildman–Crippen MR) is 57.4 cm³/mol. The molecule has 0 aliphatic carbocycles. The van der Waals surface area contributed by atoms with E-state index in [-0.39, 0.29) is 11.3 Å². The molecule has 1 aromatic rings. The number of amides is 1. The van der Waals surface area contributed by atoms with Crippen molar-refractivity contribution in [2.75, 3.05) is 13.2 Å². The molecule has 5 nitrogen and oxygen atoms in total. The number of esters is 1. The van der Waals surface area contributed by atoms with Crippen LogP contribution in [0.15, 0.2) is 24.3 Å². The van der Waals surface area contributed by atoms with E-state index in [1.54, 1.807) is 6.07 Å². The highest BCUT2D eigenvalue weighted by Crippen LogP contribution is 2.19. The van der Waals surface area contributed by atoms with Gasteiger partial charge in [0.25, 0.3) is 12.3 Å². The summed E-state index contributed by atoms with van der Waals surface area (Å²) in [5, 5.41) is 0. The van der Waals surface area contributed by atoms with Crippen molar-refractivity contribution in [3.63, 3.8) is 0 Å². The topological polar surface area (TPSA) is 78.6 Å². The zero-order valence-electron chi connectivity index (χ0n) is 9.27. The Morgan fingerprint density at radius 3 is 2.56 bits per heavy atom. The molecule has 18 heavy (non-hydrogen) atoms. The Balaban J connectivity index is 2.74. The van der Waals surface area contributed by atoms with Crippen molar-refractivity contribution in [3.05, 3.63) is 29.8 Å². The molecule has 7 heteroatoms. The second-order valence-electron chi connectivity index (χ2n) is 3.24. The first-order valence-electron chi connectivity index (χ1n) is 4.96. The van der Waals surface area contributed by atoms with E-state index in [2.05, 4.69) is 4.74 Å². The minimum atomic E-state index is -2.74. The number of hydrogen-bond donors (Lipinski definition) is 1. The highest BCUT2D eigenvalue weighted by molar-refractivity contribution is 5.92. The molecule has 0 radical (unpaired) electrons. The quantitative estimate of drug-likeness (QED) is 0.772. The number of alkyl halides is 2. The number of halogens is 2. The molecule has 1 amide bonds. The van der Waals surface area contributed by atoms with Gasteiger partial charge in [-0.05, 0) is 12.1 Å². The van der Waals surface area contributed by atoms with Crippen molar-refractivity contribution in [2.45, 2.75) is 6.43 Å². The van der Waals surface area contributed by atoms with Gasteiger partial charge in [-0.1, -0.05) is 12.1 Å². The lowest BCUT2D eigenvalue weighted by molar-refractivity contribution is -0.119. The molecule has 0 saturated carbocycles. The highest BCUT2D eigenvalue weighted by Gasteiger charge is 2.16. The maximum absolute atomic E-state index is 11.9. The van der Waals surface area contributed by atoms with E-state index in [1.165, 1.54) is 18.2 Å². The second-order valence-corrected chi connectivity index (χ2v) is 3.24. The van der Waals surface area contributed by atoms with Gasteiger partial charge in [0.15, 0.2) is 13.2 Å². The fourth-order valence-corrected chi connectivity index (χ4v) is 1.13. The fourth-order valence-electron chi connectivity index (χ4n) is 1.13. The van der Waals surface area contributed by atoms with E-state index in [9.17, 15) is 18.4 Å². The van der Waals surface area contributed by atoms with Gasteiger partial charge in [-0.2, -0.15) is 0 Å². The first kappa shape index (κ1) is 13.9. The molecule has 0 aliphatic heterocycles. The summed E-state index contributed by atoms with van der Waals surface area (Å²) in [6.45, 7) is -1.41.